The molecular weight excluding hydrogens is 302 g/mol. The number of aromatic carboxylic acids is 1. The second-order valence-corrected chi connectivity index (χ2v) is 5.09. The third-order valence-electron chi connectivity index (χ3n) is 3.05. The third kappa shape index (κ3) is 3.86. The lowest BCUT2D eigenvalue weighted by molar-refractivity contribution is 0.0692. The predicted molar refractivity (Wildman–Crippen MR) is 88.0 cm³/mol. The highest BCUT2D eigenvalue weighted by molar-refractivity contribution is 6.31. The maximum atomic E-state index is 11.3. The molecule has 1 N–H and O–H groups in total. The van der Waals surface area contributed by atoms with Gasteiger partial charge in [0.2, 0.25) is 0 Å². The zero-order valence-corrected chi connectivity index (χ0v) is 13.1. The molecule has 0 radical (unpaired) electrons. The fraction of sp³-hybridized carbons (Fsp3) is 0.176. The van der Waals surface area contributed by atoms with Crippen molar-refractivity contribution in [2.45, 2.75) is 13.8 Å². The Morgan fingerprint density at radius 3 is 2.73 bits per heavy atom. The largest absolute Gasteiger partial charge is 0.493 e. The second-order valence-electron chi connectivity index (χ2n) is 4.69. The van der Waals surface area contributed by atoms with E-state index in [0.29, 0.717) is 28.6 Å². The summed E-state index contributed by atoms with van der Waals surface area (Å²) in [6.45, 7) is 4.14. The highest BCUT2D eigenvalue weighted by atomic mass is 35.5. The van der Waals surface area contributed by atoms with Gasteiger partial charge in [-0.2, -0.15) is 0 Å². The molecule has 0 heterocycles. The van der Waals surface area contributed by atoms with Gasteiger partial charge in [-0.25, -0.2) is 4.79 Å². The summed E-state index contributed by atoms with van der Waals surface area (Å²) in [5.74, 6) is -0.678. The summed E-state index contributed by atoms with van der Waals surface area (Å²) in [6.07, 6.45) is 1.60. The molecule has 0 aromatic heterocycles. The van der Waals surface area contributed by atoms with Crippen molar-refractivity contribution in [3.63, 3.8) is 0 Å². The lowest BCUT2D eigenvalue weighted by atomic mass is 10.1. The van der Waals surface area contributed by atoms with Crippen LogP contribution in [-0.4, -0.2) is 23.9 Å². The van der Waals surface area contributed by atoms with Gasteiger partial charge >= 0.3 is 5.97 Å². The first-order chi connectivity index (χ1) is 10.5. The fourth-order valence-corrected chi connectivity index (χ4v) is 2.06. The van der Waals surface area contributed by atoms with Crippen LogP contribution in [-0.2, 0) is 0 Å². The number of halogens is 1. The van der Waals surface area contributed by atoms with Crippen molar-refractivity contribution in [3.8, 4) is 5.75 Å². The zero-order valence-electron chi connectivity index (χ0n) is 12.3. The Balaban J connectivity index is 2.29. The van der Waals surface area contributed by atoms with E-state index in [1.807, 2.05) is 26.0 Å². The standard InChI is InChI=1S/C17H16ClNO3/c1-3-22-16-7-5-12(8-14(16)17(20)21)10-19-13-6-4-11(2)15(18)9-13/h4-10H,3H2,1-2H3,(H,20,21). The lowest BCUT2D eigenvalue weighted by Gasteiger charge is -2.07. The molecule has 0 amide bonds. The molecular formula is C17H16ClNO3. The zero-order chi connectivity index (χ0) is 16.1. The molecule has 5 heteroatoms. The van der Waals surface area contributed by atoms with Crippen LogP contribution in [0, 0.1) is 6.92 Å². The number of ether oxygens (including phenoxy) is 1. The van der Waals surface area contributed by atoms with Crippen molar-refractivity contribution < 1.29 is 14.6 Å². The van der Waals surface area contributed by atoms with E-state index in [0.717, 1.165) is 5.56 Å². The molecule has 0 atom stereocenters. The van der Waals surface area contributed by atoms with E-state index in [1.54, 1.807) is 24.4 Å². The van der Waals surface area contributed by atoms with Gasteiger partial charge in [0.05, 0.1) is 12.3 Å². The number of aliphatic imine (C=N–C) groups is 1. The van der Waals surface area contributed by atoms with Crippen LogP contribution in [0.2, 0.25) is 5.02 Å². The molecule has 0 bridgehead atoms. The Morgan fingerprint density at radius 2 is 2.09 bits per heavy atom. The summed E-state index contributed by atoms with van der Waals surface area (Å²) in [5, 5.41) is 9.87. The number of hydrogen-bond acceptors (Lipinski definition) is 3. The lowest BCUT2D eigenvalue weighted by Crippen LogP contribution is -2.03. The van der Waals surface area contributed by atoms with Gasteiger partial charge in [0.1, 0.15) is 11.3 Å². The van der Waals surface area contributed by atoms with Crippen molar-refractivity contribution >= 4 is 29.5 Å². The minimum absolute atomic E-state index is 0.118. The quantitative estimate of drug-likeness (QED) is 0.826. The SMILES string of the molecule is CCOc1ccc(C=Nc2ccc(C)c(Cl)c2)cc1C(=O)O. The summed E-state index contributed by atoms with van der Waals surface area (Å²) < 4.78 is 5.30. The number of hydrogen-bond donors (Lipinski definition) is 1. The van der Waals surface area contributed by atoms with Gasteiger partial charge in [-0.15, -0.1) is 0 Å². The van der Waals surface area contributed by atoms with Crippen LogP contribution in [0.15, 0.2) is 41.4 Å². The molecule has 0 saturated heterocycles. The number of benzene rings is 2. The highest BCUT2D eigenvalue weighted by Gasteiger charge is 2.11. The Bertz CT molecular complexity index is 726. The molecule has 22 heavy (non-hydrogen) atoms. The van der Waals surface area contributed by atoms with Crippen LogP contribution in [0.25, 0.3) is 0 Å². The number of rotatable bonds is 5. The summed E-state index contributed by atoms with van der Waals surface area (Å²) in [5.41, 5.74) is 2.49. The minimum atomic E-state index is -1.03. The van der Waals surface area contributed by atoms with E-state index >= 15 is 0 Å². The normalized spacial score (nSPS) is 10.9. The van der Waals surface area contributed by atoms with Crippen molar-refractivity contribution in [2.24, 2.45) is 4.99 Å². The van der Waals surface area contributed by atoms with Gasteiger partial charge in [-0.05, 0) is 55.3 Å². The molecule has 0 saturated carbocycles. The Morgan fingerprint density at radius 1 is 1.32 bits per heavy atom. The second kappa shape index (κ2) is 7.09. The maximum Gasteiger partial charge on any atom is 0.339 e. The molecule has 0 aliphatic heterocycles. The van der Waals surface area contributed by atoms with E-state index in [1.165, 1.54) is 6.07 Å². The van der Waals surface area contributed by atoms with Gasteiger partial charge in [0.25, 0.3) is 0 Å². The number of carbonyl (C=O) groups is 1. The number of carboxylic acid groups (broad SMARTS) is 1. The van der Waals surface area contributed by atoms with Gasteiger partial charge in [0.15, 0.2) is 0 Å². The van der Waals surface area contributed by atoms with Gasteiger partial charge in [0, 0.05) is 11.2 Å². The van der Waals surface area contributed by atoms with E-state index in [9.17, 15) is 9.90 Å². The minimum Gasteiger partial charge on any atom is -0.493 e. The number of nitrogens with zero attached hydrogens (tertiary/aromatic N) is 1. The van der Waals surface area contributed by atoms with E-state index < -0.39 is 5.97 Å². The van der Waals surface area contributed by atoms with E-state index in [2.05, 4.69) is 4.99 Å². The molecule has 0 aliphatic rings. The molecule has 2 aromatic rings. The molecule has 2 aromatic carbocycles. The monoisotopic (exact) mass is 317 g/mol. The van der Waals surface area contributed by atoms with Gasteiger partial charge < -0.3 is 9.84 Å². The van der Waals surface area contributed by atoms with Crippen LogP contribution in [0.1, 0.15) is 28.4 Å². The smallest absolute Gasteiger partial charge is 0.339 e. The number of aryl methyl sites for hydroxylation is 1. The first-order valence-electron chi connectivity index (χ1n) is 6.81. The van der Waals surface area contributed by atoms with Crippen LogP contribution in [0.3, 0.4) is 0 Å². The molecule has 0 aliphatic carbocycles. The fourth-order valence-electron chi connectivity index (χ4n) is 1.89. The van der Waals surface area contributed by atoms with Crippen molar-refractivity contribution in [3.05, 3.63) is 58.1 Å². The molecule has 0 fully saturated rings. The van der Waals surface area contributed by atoms with Crippen molar-refractivity contribution in [1.82, 2.24) is 0 Å². The van der Waals surface area contributed by atoms with Crippen LogP contribution >= 0.6 is 11.6 Å². The van der Waals surface area contributed by atoms with Crippen LogP contribution < -0.4 is 4.74 Å². The highest BCUT2D eigenvalue weighted by Crippen LogP contribution is 2.23. The Labute approximate surface area is 134 Å². The number of carboxylic acids is 1. The Kier molecular flexibility index (Phi) is 5.17. The van der Waals surface area contributed by atoms with Gasteiger partial charge in [-0.1, -0.05) is 17.7 Å². The molecule has 2 rings (SSSR count). The summed E-state index contributed by atoms with van der Waals surface area (Å²) >= 11 is 6.05. The van der Waals surface area contributed by atoms with Crippen LogP contribution in [0.5, 0.6) is 5.75 Å². The van der Waals surface area contributed by atoms with Crippen molar-refractivity contribution in [2.75, 3.05) is 6.61 Å². The summed E-state index contributed by atoms with van der Waals surface area (Å²) in [4.78, 5) is 15.6. The molecule has 0 spiro atoms. The topological polar surface area (TPSA) is 58.9 Å². The average Bonchev–Trinajstić information content (AvgIpc) is 2.49. The van der Waals surface area contributed by atoms with E-state index in [4.69, 9.17) is 16.3 Å². The average molecular weight is 318 g/mol. The van der Waals surface area contributed by atoms with E-state index in [-0.39, 0.29) is 5.56 Å². The maximum absolute atomic E-state index is 11.3. The molecule has 0 unspecified atom stereocenters. The first kappa shape index (κ1) is 16.0. The van der Waals surface area contributed by atoms with Crippen molar-refractivity contribution in [1.29, 1.82) is 0 Å². The Hall–Kier alpha value is -2.33. The molecule has 114 valence electrons. The predicted octanol–water partition coefficient (Wildman–Crippen LogP) is 4.50. The van der Waals surface area contributed by atoms with Gasteiger partial charge in [-0.3, -0.25) is 4.99 Å². The van der Waals surface area contributed by atoms with Crippen LogP contribution in [0.4, 0.5) is 5.69 Å². The summed E-state index contributed by atoms with van der Waals surface area (Å²) in [7, 11) is 0. The first-order valence-corrected chi connectivity index (χ1v) is 7.19. The molecule has 4 nitrogen and oxygen atoms in total. The third-order valence-corrected chi connectivity index (χ3v) is 3.46. The summed E-state index contributed by atoms with van der Waals surface area (Å²) in [6, 6.07) is 10.4.